The van der Waals surface area contributed by atoms with Crippen LogP contribution in [-0.2, 0) is 22.5 Å². The first kappa shape index (κ1) is 17.4. The standard InChI is InChI=1S/C19H22N6O2/c1-13-17(21-12-20-13)18-23-22-16-11-24(8-9-27-2)19(26)15(25(16)18)10-14-6-4-3-5-7-14/h3-7,12,15H,8-11H2,1-2H3,(H,20,21)/t15-/m1/s1. The van der Waals surface area contributed by atoms with Gasteiger partial charge in [-0.25, -0.2) is 4.98 Å². The molecule has 0 aliphatic carbocycles. The van der Waals surface area contributed by atoms with Gasteiger partial charge in [-0.3, -0.25) is 9.36 Å². The van der Waals surface area contributed by atoms with Crippen molar-refractivity contribution in [2.24, 2.45) is 0 Å². The molecule has 0 unspecified atom stereocenters. The van der Waals surface area contributed by atoms with E-state index in [1.807, 2.05) is 41.8 Å². The van der Waals surface area contributed by atoms with Crippen LogP contribution in [0.4, 0.5) is 0 Å². The fourth-order valence-corrected chi connectivity index (χ4v) is 3.48. The predicted octanol–water partition coefficient (Wildman–Crippen LogP) is 1.75. The van der Waals surface area contributed by atoms with Crippen LogP contribution in [0.25, 0.3) is 11.5 Å². The molecule has 0 spiro atoms. The minimum Gasteiger partial charge on any atom is -0.383 e. The number of ether oxygens (including phenoxy) is 1. The summed E-state index contributed by atoms with van der Waals surface area (Å²) in [6, 6.07) is 9.60. The summed E-state index contributed by atoms with van der Waals surface area (Å²) in [6.45, 7) is 3.38. The van der Waals surface area contributed by atoms with Gasteiger partial charge in [0, 0.05) is 25.8 Å². The molecule has 8 heteroatoms. The normalized spacial score (nSPS) is 16.6. The fourth-order valence-electron chi connectivity index (χ4n) is 3.48. The molecular formula is C19H22N6O2. The number of carbonyl (C=O) groups excluding carboxylic acids is 1. The number of aromatic nitrogens is 5. The van der Waals surface area contributed by atoms with Gasteiger partial charge in [-0.15, -0.1) is 10.2 Å². The van der Waals surface area contributed by atoms with Crippen LogP contribution in [0.15, 0.2) is 36.7 Å². The number of benzene rings is 1. The maximum atomic E-state index is 13.3. The van der Waals surface area contributed by atoms with Gasteiger partial charge in [-0.1, -0.05) is 30.3 Å². The third-order valence-electron chi connectivity index (χ3n) is 4.89. The second kappa shape index (κ2) is 7.32. The van der Waals surface area contributed by atoms with Crippen molar-refractivity contribution in [2.75, 3.05) is 20.3 Å². The number of nitrogens with zero attached hydrogens (tertiary/aromatic N) is 5. The predicted molar refractivity (Wildman–Crippen MR) is 98.8 cm³/mol. The number of carbonyl (C=O) groups is 1. The van der Waals surface area contributed by atoms with E-state index in [0.29, 0.717) is 31.9 Å². The number of hydrogen-bond donors (Lipinski definition) is 1. The second-order valence-electron chi connectivity index (χ2n) is 6.64. The van der Waals surface area contributed by atoms with E-state index in [9.17, 15) is 4.79 Å². The number of methoxy groups -OCH3 is 1. The second-order valence-corrected chi connectivity index (χ2v) is 6.64. The van der Waals surface area contributed by atoms with Crippen LogP contribution in [0.1, 0.15) is 23.1 Å². The van der Waals surface area contributed by atoms with E-state index in [2.05, 4.69) is 20.2 Å². The molecule has 0 saturated carbocycles. The average Bonchev–Trinajstić information content (AvgIpc) is 3.29. The number of hydrogen-bond acceptors (Lipinski definition) is 5. The molecule has 140 valence electrons. The SMILES string of the molecule is COCCN1Cc2nnc(-c3nc[nH]c3C)n2[C@H](Cc2ccccc2)C1=O. The molecule has 0 saturated heterocycles. The monoisotopic (exact) mass is 366 g/mol. The summed E-state index contributed by atoms with van der Waals surface area (Å²) in [5, 5.41) is 8.73. The summed E-state index contributed by atoms with van der Waals surface area (Å²) in [5.74, 6) is 1.45. The smallest absolute Gasteiger partial charge is 0.246 e. The summed E-state index contributed by atoms with van der Waals surface area (Å²) < 4.78 is 7.11. The van der Waals surface area contributed by atoms with E-state index >= 15 is 0 Å². The highest BCUT2D eigenvalue weighted by atomic mass is 16.5. The van der Waals surface area contributed by atoms with Crippen LogP contribution in [-0.4, -0.2) is 55.8 Å². The zero-order chi connectivity index (χ0) is 18.8. The molecule has 1 aliphatic rings. The van der Waals surface area contributed by atoms with Gasteiger partial charge in [-0.2, -0.15) is 0 Å². The summed E-state index contributed by atoms with van der Waals surface area (Å²) in [6.07, 6.45) is 2.21. The van der Waals surface area contributed by atoms with Crippen molar-refractivity contribution < 1.29 is 9.53 Å². The lowest BCUT2D eigenvalue weighted by atomic mass is 10.0. The zero-order valence-corrected chi connectivity index (χ0v) is 15.4. The van der Waals surface area contributed by atoms with Crippen LogP contribution in [0, 0.1) is 6.92 Å². The van der Waals surface area contributed by atoms with E-state index in [-0.39, 0.29) is 5.91 Å². The molecule has 3 aromatic rings. The number of H-pyrrole nitrogens is 1. The van der Waals surface area contributed by atoms with E-state index < -0.39 is 6.04 Å². The molecule has 4 rings (SSSR count). The molecule has 27 heavy (non-hydrogen) atoms. The highest BCUT2D eigenvalue weighted by Gasteiger charge is 2.36. The van der Waals surface area contributed by atoms with Crippen molar-refractivity contribution in [1.29, 1.82) is 0 Å². The van der Waals surface area contributed by atoms with Gasteiger partial charge in [0.2, 0.25) is 5.91 Å². The number of aryl methyl sites for hydroxylation is 1. The number of amides is 1. The first-order valence-electron chi connectivity index (χ1n) is 8.94. The van der Waals surface area contributed by atoms with Crippen LogP contribution in [0.3, 0.4) is 0 Å². The lowest BCUT2D eigenvalue weighted by molar-refractivity contribution is -0.138. The van der Waals surface area contributed by atoms with E-state index in [1.54, 1.807) is 18.3 Å². The van der Waals surface area contributed by atoms with Gasteiger partial charge in [0.15, 0.2) is 11.6 Å². The largest absolute Gasteiger partial charge is 0.383 e. The molecule has 1 aromatic carbocycles. The Morgan fingerprint density at radius 2 is 2.07 bits per heavy atom. The van der Waals surface area contributed by atoms with Gasteiger partial charge < -0.3 is 14.6 Å². The Hall–Kier alpha value is -3.00. The zero-order valence-electron chi connectivity index (χ0n) is 15.4. The van der Waals surface area contributed by atoms with Crippen molar-refractivity contribution >= 4 is 5.91 Å². The van der Waals surface area contributed by atoms with E-state index in [1.165, 1.54) is 0 Å². The maximum absolute atomic E-state index is 13.3. The van der Waals surface area contributed by atoms with Crippen LogP contribution >= 0.6 is 0 Å². The molecule has 1 N–H and O–H groups in total. The molecule has 0 bridgehead atoms. The van der Waals surface area contributed by atoms with Crippen molar-refractivity contribution in [3.8, 4) is 11.5 Å². The van der Waals surface area contributed by atoms with Crippen molar-refractivity contribution in [3.05, 3.63) is 53.7 Å². The topological polar surface area (TPSA) is 88.9 Å². The molecular weight excluding hydrogens is 344 g/mol. The van der Waals surface area contributed by atoms with E-state index in [4.69, 9.17) is 4.74 Å². The highest BCUT2D eigenvalue weighted by Crippen LogP contribution is 2.30. The Labute approximate surface area is 157 Å². The first-order chi connectivity index (χ1) is 13.2. The lowest BCUT2D eigenvalue weighted by Gasteiger charge is -2.33. The summed E-state index contributed by atoms with van der Waals surface area (Å²) in [4.78, 5) is 22.5. The molecule has 1 amide bonds. The quantitative estimate of drug-likeness (QED) is 0.718. The first-order valence-corrected chi connectivity index (χ1v) is 8.94. The van der Waals surface area contributed by atoms with Gasteiger partial charge >= 0.3 is 0 Å². The Morgan fingerprint density at radius 3 is 2.78 bits per heavy atom. The summed E-state index contributed by atoms with van der Waals surface area (Å²) >= 11 is 0. The van der Waals surface area contributed by atoms with Crippen LogP contribution in [0.2, 0.25) is 0 Å². The molecule has 1 aliphatic heterocycles. The molecule has 0 radical (unpaired) electrons. The van der Waals surface area contributed by atoms with Gasteiger partial charge in [-0.05, 0) is 12.5 Å². The average molecular weight is 366 g/mol. The van der Waals surface area contributed by atoms with Crippen molar-refractivity contribution in [1.82, 2.24) is 29.6 Å². The maximum Gasteiger partial charge on any atom is 0.246 e. The van der Waals surface area contributed by atoms with Crippen molar-refractivity contribution in [3.63, 3.8) is 0 Å². The minimum absolute atomic E-state index is 0.0534. The lowest BCUT2D eigenvalue weighted by Crippen LogP contribution is -2.45. The molecule has 8 nitrogen and oxygen atoms in total. The molecule has 0 fully saturated rings. The molecule has 3 heterocycles. The Kier molecular flexibility index (Phi) is 4.72. The minimum atomic E-state index is -0.408. The Balaban J connectivity index is 1.76. The summed E-state index contributed by atoms with van der Waals surface area (Å²) in [7, 11) is 1.64. The Bertz CT molecular complexity index is 933. The third kappa shape index (κ3) is 3.23. The van der Waals surface area contributed by atoms with Crippen molar-refractivity contribution in [2.45, 2.75) is 25.9 Å². The number of nitrogens with one attached hydrogen (secondary N) is 1. The van der Waals surface area contributed by atoms with Gasteiger partial charge in [0.1, 0.15) is 11.7 Å². The third-order valence-corrected chi connectivity index (χ3v) is 4.89. The number of rotatable bonds is 6. The van der Waals surface area contributed by atoms with Crippen LogP contribution in [0.5, 0.6) is 0 Å². The van der Waals surface area contributed by atoms with Crippen LogP contribution < -0.4 is 0 Å². The van der Waals surface area contributed by atoms with Gasteiger partial charge in [0.05, 0.1) is 19.5 Å². The van der Waals surface area contributed by atoms with Gasteiger partial charge in [0.25, 0.3) is 0 Å². The number of aromatic amines is 1. The fraction of sp³-hybridized carbons (Fsp3) is 0.368. The highest BCUT2D eigenvalue weighted by molar-refractivity contribution is 5.82. The number of fused-ring (bicyclic) bond motifs is 1. The molecule has 1 atom stereocenters. The molecule has 2 aromatic heterocycles. The number of imidazole rings is 1. The van der Waals surface area contributed by atoms with E-state index in [0.717, 1.165) is 22.8 Å². The summed E-state index contributed by atoms with van der Waals surface area (Å²) in [5.41, 5.74) is 2.72. The Morgan fingerprint density at radius 1 is 1.26 bits per heavy atom.